The summed E-state index contributed by atoms with van der Waals surface area (Å²) in [6.45, 7) is 0.452. The van der Waals surface area contributed by atoms with Crippen LogP contribution in [0.3, 0.4) is 0 Å². The van der Waals surface area contributed by atoms with Gasteiger partial charge in [-0.15, -0.1) is 0 Å². The number of sulfonamides is 1. The Bertz CT molecular complexity index is 1210. The minimum atomic E-state index is -4.01. The topological polar surface area (TPSA) is 94.2 Å². The number of nitrogens with zero attached hydrogens (tertiary/aromatic N) is 1. The number of amides is 1. The third-order valence-electron chi connectivity index (χ3n) is 4.79. The molecule has 1 N–H and O–H groups in total. The number of nitrogens with one attached hydrogen (secondary N) is 1. The minimum absolute atomic E-state index is 0.0787. The summed E-state index contributed by atoms with van der Waals surface area (Å²) in [7, 11) is -2.52. The number of fused-ring (bicyclic) bond motifs is 1. The smallest absolute Gasteiger partial charge is 0.264 e. The van der Waals surface area contributed by atoms with Crippen molar-refractivity contribution >= 4 is 27.3 Å². The maximum atomic E-state index is 13.4. The second-order valence-corrected chi connectivity index (χ2v) is 8.80. The number of carbonyl (C=O) groups excluding carboxylic acids is 1. The van der Waals surface area contributed by atoms with Gasteiger partial charge in [0.25, 0.3) is 10.0 Å². The second-order valence-electron chi connectivity index (χ2n) is 6.93. The molecule has 0 saturated carbocycles. The van der Waals surface area contributed by atoms with Gasteiger partial charge in [-0.1, -0.05) is 24.3 Å². The highest BCUT2D eigenvalue weighted by atomic mass is 32.2. The fraction of sp³-hybridized carbons (Fsp3) is 0.174. The summed E-state index contributed by atoms with van der Waals surface area (Å²) < 4.78 is 44.1. The van der Waals surface area contributed by atoms with Crippen molar-refractivity contribution in [2.45, 2.75) is 4.90 Å². The molecule has 0 fully saturated rings. The normalized spacial score (nSPS) is 12.7. The van der Waals surface area contributed by atoms with Gasteiger partial charge in [0.05, 0.1) is 17.7 Å². The fourth-order valence-corrected chi connectivity index (χ4v) is 4.69. The van der Waals surface area contributed by atoms with Crippen LogP contribution in [-0.4, -0.2) is 41.2 Å². The van der Waals surface area contributed by atoms with Crippen LogP contribution >= 0.6 is 0 Å². The first kappa shape index (κ1) is 21.5. The van der Waals surface area contributed by atoms with Gasteiger partial charge in [-0.3, -0.25) is 9.10 Å². The molecule has 32 heavy (non-hydrogen) atoms. The molecule has 1 amide bonds. The summed E-state index contributed by atoms with van der Waals surface area (Å²) in [5.74, 6) is 1.08. The van der Waals surface area contributed by atoms with Gasteiger partial charge in [-0.2, -0.15) is 0 Å². The van der Waals surface area contributed by atoms with Crippen LogP contribution in [0.25, 0.3) is 0 Å². The zero-order valence-corrected chi connectivity index (χ0v) is 18.2. The van der Waals surface area contributed by atoms with Crippen molar-refractivity contribution in [1.82, 2.24) is 0 Å². The lowest BCUT2D eigenvalue weighted by molar-refractivity contribution is -0.114. The molecular weight excluding hydrogens is 432 g/mol. The highest BCUT2D eigenvalue weighted by molar-refractivity contribution is 7.92. The monoisotopic (exact) mass is 454 g/mol. The van der Waals surface area contributed by atoms with Crippen molar-refractivity contribution in [2.75, 3.05) is 36.5 Å². The maximum absolute atomic E-state index is 13.4. The molecule has 0 bridgehead atoms. The number of anilines is 2. The molecule has 0 atom stereocenters. The predicted octanol–water partition coefficient (Wildman–Crippen LogP) is 3.30. The van der Waals surface area contributed by atoms with Crippen LogP contribution < -0.4 is 23.8 Å². The van der Waals surface area contributed by atoms with E-state index < -0.39 is 22.5 Å². The van der Waals surface area contributed by atoms with Crippen molar-refractivity contribution in [3.8, 4) is 17.2 Å². The van der Waals surface area contributed by atoms with Gasteiger partial charge in [-0.25, -0.2) is 8.42 Å². The third-order valence-corrected chi connectivity index (χ3v) is 6.57. The Labute approximate surface area is 186 Å². The van der Waals surface area contributed by atoms with E-state index in [0.717, 1.165) is 4.31 Å². The molecular formula is C23H22N2O6S. The Morgan fingerprint density at radius 1 is 0.969 bits per heavy atom. The average Bonchev–Trinajstić information content (AvgIpc) is 2.83. The number of hydrogen-bond acceptors (Lipinski definition) is 6. The summed E-state index contributed by atoms with van der Waals surface area (Å²) in [5, 5.41) is 2.73. The van der Waals surface area contributed by atoms with Crippen molar-refractivity contribution in [2.24, 2.45) is 0 Å². The summed E-state index contributed by atoms with van der Waals surface area (Å²) in [5.41, 5.74) is 0.785. The van der Waals surface area contributed by atoms with Gasteiger partial charge in [-0.05, 0) is 36.4 Å². The Balaban J connectivity index is 1.62. The van der Waals surface area contributed by atoms with Crippen molar-refractivity contribution in [3.63, 3.8) is 0 Å². The zero-order valence-electron chi connectivity index (χ0n) is 17.4. The maximum Gasteiger partial charge on any atom is 0.264 e. The Hall–Kier alpha value is -3.72. The molecule has 4 rings (SSSR count). The quantitative estimate of drug-likeness (QED) is 0.589. The van der Waals surface area contributed by atoms with E-state index in [1.807, 2.05) is 0 Å². The molecule has 1 aliphatic heterocycles. The van der Waals surface area contributed by atoms with E-state index in [1.165, 1.54) is 19.2 Å². The molecule has 0 spiro atoms. The largest absolute Gasteiger partial charge is 0.497 e. The van der Waals surface area contributed by atoms with Crippen LogP contribution in [0.1, 0.15) is 0 Å². The number of hydrogen-bond donors (Lipinski definition) is 1. The van der Waals surface area contributed by atoms with Crippen molar-refractivity contribution < 1.29 is 27.4 Å². The SMILES string of the molecule is COc1cccc(N(CC(=O)Nc2ccc3c(c2)OCCO3)S(=O)(=O)c2ccccc2)c1. The summed E-state index contributed by atoms with van der Waals surface area (Å²) in [6, 6.07) is 19.5. The minimum Gasteiger partial charge on any atom is -0.497 e. The van der Waals surface area contributed by atoms with Crippen LogP contribution in [0.4, 0.5) is 11.4 Å². The van der Waals surface area contributed by atoms with Gasteiger partial charge in [0.1, 0.15) is 25.5 Å². The van der Waals surface area contributed by atoms with Crippen LogP contribution in [0.2, 0.25) is 0 Å². The molecule has 3 aromatic rings. The van der Waals surface area contributed by atoms with E-state index >= 15 is 0 Å². The van der Waals surface area contributed by atoms with Crippen LogP contribution in [0.15, 0.2) is 77.7 Å². The second kappa shape index (κ2) is 9.19. The van der Waals surface area contributed by atoms with Crippen LogP contribution in [0, 0.1) is 0 Å². The van der Waals surface area contributed by atoms with Crippen LogP contribution in [0.5, 0.6) is 17.2 Å². The van der Waals surface area contributed by atoms with E-state index in [-0.39, 0.29) is 4.90 Å². The molecule has 1 heterocycles. The summed E-state index contributed by atoms with van der Waals surface area (Å²) in [6.07, 6.45) is 0. The highest BCUT2D eigenvalue weighted by Crippen LogP contribution is 2.33. The standard InChI is InChI=1S/C23H22N2O6S/c1-29-19-7-5-6-18(15-19)25(32(27,28)20-8-3-2-4-9-20)16-23(26)24-17-10-11-21-22(14-17)31-13-12-30-21/h2-11,14-15H,12-13,16H2,1H3,(H,24,26). The van der Waals surface area contributed by atoms with E-state index in [0.29, 0.717) is 41.8 Å². The molecule has 0 saturated heterocycles. The van der Waals surface area contributed by atoms with Gasteiger partial charge < -0.3 is 19.5 Å². The van der Waals surface area contributed by atoms with Crippen molar-refractivity contribution in [3.05, 3.63) is 72.8 Å². The van der Waals surface area contributed by atoms with E-state index in [9.17, 15) is 13.2 Å². The number of ether oxygens (including phenoxy) is 3. The predicted molar refractivity (Wildman–Crippen MR) is 120 cm³/mol. The first-order valence-corrected chi connectivity index (χ1v) is 11.3. The molecule has 0 unspecified atom stereocenters. The first-order chi connectivity index (χ1) is 15.5. The first-order valence-electron chi connectivity index (χ1n) is 9.89. The molecule has 0 aliphatic carbocycles. The van der Waals surface area contributed by atoms with E-state index in [2.05, 4.69) is 5.32 Å². The molecule has 8 nitrogen and oxygen atoms in total. The lowest BCUT2D eigenvalue weighted by atomic mass is 10.2. The summed E-state index contributed by atoms with van der Waals surface area (Å²) >= 11 is 0. The van der Waals surface area contributed by atoms with Gasteiger partial charge in [0.2, 0.25) is 5.91 Å². The molecule has 166 valence electrons. The van der Waals surface area contributed by atoms with Crippen LogP contribution in [-0.2, 0) is 14.8 Å². The number of methoxy groups -OCH3 is 1. The average molecular weight is 455 g/mol. The van der Waals surface area contributed by atoms with E-state index in [1.54, 1.807) is 60.7 Å². The summed E-state index contributed by atoms with van der Waals surface area (Å²) in [4.78, 5) is 13.0. The van der Waals surface area contributed by atoms with Gasteiger partial charge >= 0.3 is 0 Å². The molecule has 0 radical (unpaired) electrons. The number of carbonyl (C=O) groups is 1. The highest BCUT2D eigenvalue weighted by Gasteiger charge is 2.27. The molecule has 9 heteroatoms. The fourth-order valence-electron chi connectivity index (χ4n) is 3.25. The third kappa shape index (κ3) is 4.62. The molecule has 0 aromatic heterocycles. The van der Waals surface area contributed by atoms with Crippen molar-refractivity contribution in [1.29, 1.82) is 0 Å². The molecule has 1 aliphatic rings. The molecule has 3 aromatic carbocycles. The zero-order chi connectivity index (χ0) is 22.6. The number of rotatable bonds is 7. The number of benzene rings is 3. The van der Waals surface area contributed by atoms with Gasteiger partial charge in [0, 0.05) is 17.8 Å². The van der Waals surface area contributed by atoms with Gasteiger partial charge in [0.15, 0.2) is 11.5 Å². The lowest BCUT2D eigenvalue weighted by Crippen LogP contribution is -2.38. The van der Waals surface area contributed by atoms with E-state index in [4.69, 9.17) is 14.2 Å². The Morgan fingerprint density at radius 3 is 2.47 bits per heavy atom. The Morgan fingerprint density at radius 2 is 1.72 bits per heavy atom. The Kier molecular flexibility index (Phi) is 6.18. The lowest BCUT2D eigenvalue weighted by Gasteiger charge is -2.24.